The fourth-order valence-corrected chi connectivity index (χ4v) is 4.79. The third-order valence-corrected chi connectivity index (χ3v) is 6.73. The van der Waals surface area contributed by atoms with Crippen LogP contribution in [0.15, 0.2) is 48.0 Å². The normalized spacial score (nSPS) is 23.6. The van der Waals surface area contributed by atoms with E-state index in [1.54, 1.807) is 0 Å². The molecule has 0 spiro atoms. The van der Waals surface area contributed by atoms with E-state index < -0.39 is 0 Å². The molecule has 7 heteroatoms. The first-order valence-corrected chi connectivity index (χ1v) is 12.0. The Hall–Kier alpha value is -2.22. The highest BCUT2D eigenvalue weighted by molar-refractivity contribution is 5.78. The summed E-state index contributed by atoms with van der Waals surface area (Å²) in [5.74, 6) is 0.930. The number of carbonyl (C=O) groups excluding carboxylic acids is 1. The Labute approximate surface area is 196 Å². The number of halogens is 1. The van der Waals surface area contributed by atoms with Gasteiger partial charge >= 0.3 is 0 Å². The van der Waals surface area contributed by atoms with Gasteiger partial charge in [0.2, 0.25) is 5.91 Å². The van der Waals surface area contributed by atoms with Gasteiger partial charge in [0.1, 0.15) is 5.76 Å². The summed E-state index contributed by atoms with van der Waals surface area (Å²) in [7, 11) is 1.53. The first-order valence-electron chi connectivity index (χ1n) is 12.0. The molecule has 0 heterocycles. The summed E-state index contributed by atoms with van der Waals surface area (Å²) >= 11 is 0. The second kappa shape index (κ2) is 12.9. The predicted octanol–water partition coefficient (Wildman–Crippen LogP) is 2.95. The third-order valence-electron chi connectivity index (χ3n) is 6.73. The number of benzene rings is 1. The Morgan fingerprint density at radius 2 is 2.00 bits per heavy atom. The lowest BCUT2D eigenvalue weighted by molar-refractivity contribution is -0.120. The molecular formula is C26H38FN3O3. The van der Waals surface area contributed by atoms with E-state index in [1.807, 2.05) is 6.08 Å². The van der Waals surface area contributed by atoms with Crippen molar-refractivity contribution in [1.82, 2.24) is 16.0 Å². The maximum Gasteiger partial charge on any atom is 0.224 e. The molecule has 0 aromatic heterocycles. The molecule has 4 N–H and O–H groups in total. The van der Waals surface area contributed by atoms with E-state index in [0.717, 1.165) is 24.8 Å². The minimum Gasteiger partial charge on any atom is -0.498 e. The van der Waals surface area contributed by atoms with Crippen molar-refractivity contribution in [3.8, 4) is 0 Å². The van der Waals surface area contributed by atoms with Crippen LogP contribution in [-0.2, 0) is 16.0 Å². The summed E-state index contributed by atoms with van der Waals surface area (Å²) in [4.78, 5) is 12.1. The van der Waals surface area contributed by atoms with Crippen LogP contribution >= 0.6 is 0 Å². The molecule has 1 amide bonds. The number of carbonyl (C=O) groups is 1. The summed E-state index contributed by atoms with van der Waals surface area (Å²) in [5.41, 5.74) is 2.34. The Kier molecular flexibility index (Phi) is 9.91. The molecule has 1 fully saturated rings. The van der Waals surface area contributed by atoms with Gasteiger partial charge in [0.25, 0.3) is 0 Å². The van der Waals surface area contributed by atoms with Crippen molar-refractivity contribution in [3.05, 3.63) is 59.1 Å². The Bertz CT molecular complexity index is 825. The molecule has 2 aliphatic rings. The second-order valence-electron chi connectivity index (χ2n) is 9.11. The zero-order valence-electron chi connectivity index (χ0n) is 19.8. The van der Waals surface area contributed by atoms with E-state index in [-0.39, 0.29) is 30.3 Å². The van der Waals surface area contributed by atoms with Gasteiger partial charge in [0, 0.05) is 38.1 Å². The highest BCUT2D eigenvalue weighted by atomic mass is 19.1. The van der Waals surface area contributed by atoms with Gasteiger partial charge in [-0.25, -0.2) is 4.39 Å². The number of amides is 1. The van der Waals surface area contributed by atoms with Crippen molar-refractivity contribution < 1.29 is 19.0 Å². The summed E-state index contributed by atoms with van der Waals surface area (Å²) in [5, 5.41) is 18.4. The maximum atomic E-state index is 13.7. The highest BCUT2D eigenvalue weighted by Crippen LogP contribution is 2.36. The monoisotopic (exact) mass is 459 g/mol. The fraction of sp³-hybridized carbons (Fsp3) is 0.577. The molecule has 2 aliphatic carbocycles. The fourth-order valence-electron chi connectivity index (χ4n) is 4.79. The number of hydrogen-bond acceptors (Lipinski definition) is 5. The van der Waals surface area contributed by atoms with Gasteiger partial charge in [-0.3, -0.25) is 4.79 Å². The summed E-state index contributed by atoms with van der Waals surface area (Å²) < 4.78 is 18.9. The summed E-state index contributed by atoms with van der Waals surface area (Å²) in [6, 6.07) is 9.13. The van der Waals surface area contributed by atoms with Gasteiger partial charge in [-0.15, -0.1) is 0 Å². The molecule has 2 unspecified atom stereocenters. The number of allylic oxidation sites excluding steroid dienone is 3. The molecule has 0 aliphatic heterocycles. The quantitative estimate of drug-likeness (QED) is 0.361. The number of methoxy groups -OCH3 is 1. The Morgan fingerprint density at radius 1 is 1.21 bits per heavy atom. The molecule has 4 atom stereocenters. The van der Waals surface area contributed by atoms with Crippen molar-refractivity contribution >= 4 is 5.91 Å². The average Bonchev–Trinajstić information content (AvgIpc) is 3.28. The Balaban J connectivity index is 1.42. The number of aliphatic hydroxyl groups is 1. The average molecular weight is 460 g/mol. The van der Waals surface area contributed by atoms with Crippen molar-refractivity contribution in [3.63, 3.8) is 0 Å². The molecule has 182 valence electrons. The van der Waals surface area contributed by atoms with Gasteiger partial charge in [-0.1, -0.05) is 30.3 Å². The molecular weight excluding hydrogens is 421 g/mol. The van der Waals surface area contributed by atoms with Gasteiger partial charge in [0.05, 0.1) is 20.1 Å². The van der Waals surface area contributed by atoms with Crippen LogP contribution in [0.4, 0.5) is 4.39 Å². The molecule has 3 rings (SSSR count). The minimum atomic E-state index is -0.266. The molecule has 6 nitrogen and oxygen atoms in total. The molecule has 1 saturated carbocycles. The van der Waals surface area contributed by atoms with Crippen LogP contribution in [0.3, 0.4) is 0 Å². The highest BCUT2D eigenvalue weighted by Gasteiger charge is 2.29. The molecule has 0 saturated heterocycles. The largest absolute Gasteiger partial charge is 0.498 e. The van der Waals surface area contributed by atoms with E-state index in [4.69, 9.17) is 9.84 Å². The molecule has 1 aromatic carbocycles. The van der Waals surface area contributed by atoms with Gasteiger partial charge in [-0.05, 0) is 55.2 Å². The summed E-state index contributed by atoms with van der Waals surface area (Å²) in [6.45, 7) is 4.02. The number of ether oxygens (including phenoxy) is 1. The third kappa shape index (κ3) is 7.66. The van der Waals surface area contributed by atoms with Crippen LogP contribution in [0.5, 0.6) is 0 Å². The summed E-state index contributed by atoms with van der Waals surface area (Å²) in [6.07, 6.45) is 7.80. The van der Waals surface area contributed by atoms with Crippen LogP contribution < -0.4 is 16.0 Å². The van der Waals surface area contributed by atoms with E-state index in [9.17, 15) is 9.18 Å². The molecule has 0 bridgehead atoms. The van der Waals surface area contributed by atoms with E-state index in [1.165, 1.54) is 18.7 Å². The molecule has 1 aromatic rings. The van der Waals surface area contributed by atoms with E-state index in [0.29, 0.717) is 50.2 Å². The zero-order valence-corrected chi connectivity index (χ0v) is 19.8. The lowest BCUT2D eigenvalue weighted by Gasteiger charge is -2.28. The van der Waals surface area contributed by atoms with Crippen LogP contribution in [0, 0.1) is 5.92 Å². The molecule has 33 heavy (non-hydrogen) atoms. The van der Waals surface area contributed by atoms with Crippen molar-refractivity contribution in [1.29, 1.82) is 0 Å². The van der Waals surface area contributed by atoms with E-state index in [2.05, 4.69) is 47.1 Å². The number of nitrogens with one attached hydrogen (secondary N) is 3. The SMILES string of the molecule is COC1=C(F)C=CC(C(C)N[C@H]2CC[C@@H](c3ccc(CC(=O)NCCNCCO)cc3)C2)C1. The lowest BCUT2D eigenvalue weighted by atomic mass is 9.91. The smallest absolute Gasteiger partial charge is 0.224 e. The van der Waals surface area contributed by atoms with Crippen LogP contribution in [0.25, 0.3) is 0 Å². The zero-order chi connectivity index (χ0) is 23.6. The van der Waals surface area contributed by atoms with Crippen molar-refractivity contribution in [2.75, 3.05) is 33.4 Å². The number of aliphatic hydroxyl groups excluding tert-OH is 1. The van der Waals surface area contributed by atoms with Crippen molar-refractivity contribution in [2.24, 2.45) is 5.92 Å². The number of rotatable bonds is 12. The predicted molar refractivity (Wildman–Crippen MR) is 128 cm³/mol. The topological polar surface area (TPSA) is 82.6 Å². The maximum absolute atomic E-state index is 13.7. The van der Waals surface area contributed by atoms with Crippen molar-refractivity contribution in [2.45, 2.75) is 57.0 Å². The molecule has 0 radical (unpaired) electrons. The second-order valence-corrected chi connectivity index (χ2v) is 9.11. The standard InChI is InChI=1S/C26H38FN3O3/c1-18(21-8-10-24(27)25(17-21)33-2)30-23-9-7-22(16-23)20-5-3-19(4-6-20)15-26(32)29-12-11-28-13-14-31/h3-6,8,10,18,21-23,28,30-31H,7,9,11-17H2,1-2H3,(H,29,32)/t18?,21?,22-,23+/m1/s1. The minimum absolute atomic E-state index is 0.00999. The van der Waals surface area contributed by atoms with Crippen LogP contribution in [-0.4, -0.2) is 56.4 Å². The number of hydrogen-bond donors (Lipinski definition) is 4. The van der Waals surface area contributed by atoms with Crippen LogP contribution in [0.1, 0.15) is 49.7 Å². The first-order chi connectivity index (χ1) is 16.0. The first kappa shape index (κ1) is 25.4. The van der Waals surface area contributed by atoms with Gasteiger partial charge < -0.3 is 25.8 Å². The van der Waals surface area contributed by atoms with Gasteiger partial charge in [-0.2, -0.15) is 0 Å². The van der Waals surface area contributed by atoms with E-state index >= 15 is 0 Å². The van der Waals surface area contributed by atoms with Crippen LogP contribution in [0.2, 0.25) is 0 Å². The lowest BCUT2D eigenvalue weighted by Crippen LogP contribution is -2.39. The van der Waals surface area contributed by atoms with Gasteiger partial charge in [0.15, 0.2) is 5.83 Å². The Morgan fingerprint density at radius 3 is 2.73 bits per heavy atom.